The first-order valence-electron chi connectivity index (χ1n) is 6.37. The molecule has 1 aromatic carbocycles. The first kappa shape index (κ1) is 12.3. The van der Waals surface area contributed by atoms with E-state index in [1.807, 2.05) is 7.05 Å². The van der Waals surface area contributed by atoms with Crippen molar-refractivity contribution >= 4 is 0 Å². The van der Waals surface area contributed by atoms with Gasteiger partial charge in [0.2, 0.25) is 0 Å². The Morgan fingerprint density at radius 3 is 2.79 bits per heavy atom. The lowest BCUT2D eigenvalue weighted by molar-refractivity contribution is 0.571. The zero-order chi connectivity index (χ0) is 13.4. The number of rotatable bonds is 4. The van der Waals surface area contributed by atoms with Gasteiger partial charge in [0.05, 0.1) is 11.9 Å². The van der Waals surface area contributed by atoms with Gasteiger partial charge in [-0.1, -0.05) is 0 Å². The molecule has 1 heterocycles. The Morgan fingerprint density at radius 2 is 2.16 bits per heavy atom. The fraction of sp³-hybridized carbons (Fsp3) is 0.357. The molecule has 1 aliphatic rings. The number of halogens is 2. The van der Waals surface area contributed by atoms with Crippen LogP contribution in [0.4, 0.5) is 8.78 Å². The van der Waals surface area contributed by atoms with E-state index in [2.05, 4.69) is 10.4 Å². The molecule has 19 heavy (non-hydrogen) atoms. The van der Waals surface area contributed by atoms with E-state index in [9.17, 15) is 8.78 Å². The van der Waals surface area contributed by atoms with Crippen LogP contribution >= 0.6 is 0 Å². The topological polar surface area (TPSA) is 29.9 Å². The second-order valence-corrected chi connectivity index (χ2v) is 4.87. The van der Waals surface area contributed by atoms with Gasteiger partial charge in [0.25, 0.3) is 0 Å². The van der Waals surface area contributed by atoms with Gasteiger partial charge in [-0.05, 0) is 32.0 Å². The third-order valence-electron chi connectivity index (χ3n) is 3.36. The van der Waals surface area contributed by atoms with E-state index < -0.39 is 11.6 Å². The minimum absolute atomic E-state index is 0.311. The fourth-order valence-electron chi connectivity index (χ4n) is 2.36. The summed E-state index contributed by atoms with van der Waals surface area (Å²) in [7, 11) is 1.87. The van der Waals surface area contributed by atoms with Gasteiger partial charge in [-0.15, -0.1) is 0 Å². The Kier molecular flexibility index (Phi) is 3.06. The van der Waals surface area contributed by atoms with Gasteiger partial charge in [0.15, 0.2) is 5.82 Å². The Hall–Kier alpha value is -1.75. The van der Waals surface area contributed by atoms with Crippen molar-refractivity contribution in [1.29, 1.82) is 0 Å². The van der Waals surface area contributed by atoms with Crippen LogP contribution in [0.15, 0.2) is 24.4 Å². The van der Waals surface area contributed by atoms with Crippen molar-refractivity contribution in [2.45, 2.75) is 25.3 Å². The Morgan fingerprint density at radius 1 is 1.37 bits per heavy atom. The molecule has 0 spiro atoms. The summed E-state index contributed by atoms with van der Waals surface area (Å²) in [6.45, 7) is 0.703. The van der Waals surface area contributed by atoms with Crippen LogP contribution in [0.5, 0.6) is 0 Å². The Labute approximate surface area is 110 Å². The van der Waals surface area contributed by atoms with E-state index in [1.165, 1.54) is 12.1 Å². The Balaban J connectivity index is 2.09. The average molecular weight is 263 g/mol. The van der Waals surface area contributed by atoms with Crippen LogP contribution in [0.1, 0.15) is 30.0 Å². The first-order valence-corrected chi connectivity index (χ1v) is 6.37. The summed E-state index contributed by atoms with van der Waals surface area (Å²) in [5.41, 5.74) is 2.43. The number of benzene rings is 1. The predicted molar refractivity (Wildman–Crippen MR) is 68.2 cm³/mol. The highest BCUT2D eigenvalue weighted by atomic mass is 19.1. The molecule has 100 valence electrons. The maximum atomic E-state index is 13.9. The van der Waals surface area contributed by atoms with E-state index in [4.69, 9.17) is 0 Å². The van der Waals surface area contributed by atoms with Crippen molar-refractivity contribution in [1.82, 2.24) is 15.1 Å². The number of hydrogen-bond donors (Lipinski definition) is 1. The number of nitrogens with one attached hydrogen (secondary N) is 1. The highest BCUT2D eigenvalue weighted by Gasteiger charge is 2.31. The molecule has 1 fully saturated rings. The summed E-state index contributed by atoms with van der Waals surface area (Å²) < 4.78 is 28.5. The third kappa shape index (κ3) is 2.26. The van der Waals surface area contributed by atoms with Crippen LogP contribution in [-0.4, -0.2) is 16.8 Å². The molecular weight excluding hydrogens is 248 g/mol. The smallest absolute Gasteiger partial charge is 0.151 e. The van der Waals surface area contributed by atoms with Gasteiger partial charge in [-0.3, -0.25) is 0 Å². The molecule has 0 amide bonds. The summed E-state index contributed by atoms with van der Waals surface area (Å²) in [5, 5.41) is 7.36. The fourth-order valence-corrected chi connectivity index (χ4v) is 2.36. The summed E-state index contributed by atoms with van der Waals surface area (Å²) in [4.78, 5) is 0. The zero-order valence-electron chi connectivity index (χ0n) is 10.7. The molecule has 3 nitrogen and oxygen atoms in total. The van der Waals surface area contributed by atoms with Crippen molar-refractivity contribution in [2.75, 3.05) is 7.05 Å². The first-order chi connectivity index (χ1) is 9.20. The van der Waals surface area contributed by atoms with Crippen LogP contribution in [0.2, 0.25) is 0 Å². The van der Waals surface area contributed by atoms with E-state index >= 15 is 0 Å². The van der Waals surface area contributed by atoms with Gasteiger partial charge in [0, 0.05) is 24.1 Å². The predicted octanol–water partition coefficient (Wildman–Crippen LogP) is 2.75. The van der Waals surface area contributed by atoms with Crippen molar-refractivity contribution in [2.24, 2.45) is 0 Å². The summed E-state index contributed by atoms with van der Waals surface area (Å²) in [5.74, 6) is -0.715. The van der Waals surface area contributed by atoms with E-state index in [0.29, 0.717) is 18.2 Å². The van der Waals surface area contributed by atoms with Crippen LogP contribution in [0.3, 0.4) is 0 Å². The highest BCUT2D eigenvalue weighted by Crippen LogP contribution is 2.42. The number of nitrogens with zero attached hydrogens (tertiary/aromatic N) is 2. The van der Waals surface area contributed by atoms with Crippen LogP contribution in [0.25, 0.3) is 5.69 Å². The molecule has 0 saturated heterocycles. The molecular formula is C14H15F2N3. The van der Waals surface area contributed by atoms with Crippen molar-refractivity contribution in [3.63, 3.8) is 0 Å². The molecule has 0 bridgehead atoms. The van der Waals surface area contributed by atoms with Crippen molar-refractivity contribution in [3.05, 3.63) is 47.3 Å². The van der Waals surface area contributed by atoms with E-state index in [1.54, 1.807) is 10.9 Å². The van der Waals surface area contributed by atoms with Gasteiger partial charge in [-0.25, -0.2) is 13.5 Å². The molecule has 0 atom stereocenters. The maximum absolute atomic E-state index is 13.9. The highest BCUT2D eigenvalue weighted by molar-refractivity contribution is 5.39. The summed E-state index contributed by atoms with van der Waals surface area (Å²) in [6.07, 6.45) is 3.96. The second kappa shape index (κ2) is 4.74. The van der Waals surface area contributed by atoms with Gasteiger partial charge >= 0.3 is 0 Å². The molecule has 1 saturated carbocycles. The van der Waals surface area contributed by atoms with Crippen molar-refractivity contribution < 1.29 is 8.78 Å². The SMILES string of the molecule is CNCc1cnn(-c2ccc(F)cc2F)c1C1CC1. The van der Waals surface area contributed by atoms with Gasteiger partial charge < -0.3 is 5.32 Å². The molecule has 1 N–H and O–H groups in total. The largest absolute Gasteiger partial charge is 0.316 e. The van der Waals surface area contributed by atoms with Gasteiger partial charge in [-0.2, -0.15) is 5.10 Å². The standard InChI is InChI=1S/C14H15F2N3/c1-17-7-10-8-18-19(14(10)9-2-3-9)13-5-4-11(15)6-12(13)16/h4-6,8-9,17H,2-3,7H2,1H3. The number of aromatic nitrogens is 2. The van der Waals surface area contributed by atoms with Crippen LogP contribution in [0, 0.1) is 11.6 Å². The average Bonchev–Trinajstić information content (AvgIpc) is 3.12. The molecule has 1 aliphatic carbocycles. The monoisotopic (exact) mass is 263 g/mol. The van der Waals surface area contributed by atoms with Crippen LogP contribution < -0.4 is 5.32 Å². The molecule has 0 radical (unpaired) electrons. The van der Waals surface area contributed by atoms with E-state index in [0.717, 1.165) is 30.2 Å². The number of hydrogen-bond acceptors (Lipinski definition) is 2. The lowest BCUT2D eigenvalue weighted by Gasteiger charge is -2.09. The lowest BCUT2D eigenvalue weighted by atomic mass is 10.1. The van der Waals surface area contributed by atoms with Gasteiger partial charge in [0.1, 0.15) is 11.5 Å². The molecule has 3 rings (SSSR count). The quantitative estimate of drug-likeness (QED) is 0.919. The molecule has 2 aromatic rings. The molecule has 5 heteroatoms. The third-order valence-corrected chi connectivity index (χ3v) is 3.36. The Bertz CT molecular complexity index is 603. The second-order valence-electron chi connectivity index (χ2n) is 4.87. The molecule has 0 unspecified atom stereocenters. The summed E-state index contributed by atoms with van der Waals surface area (Å²) in [6, 6.07) is 3.59. The maximum Gasteiger partial charge on any atom is 0.151 e. The van der Waals surface area contributed by atoms with E-state index in [-0.39, 0.29) is 0 Å². The van der Waals surface area contributed by atoms with Crippen molar-refractivity contribution in [3.8, 4) is 5.69 Å². The molecule has 1 aromatic heterocycles. The normalized spacial score (nSPS) is 14.9. The minimum Gasteiger partial charge on any atom is -0.316 e. The minimum atomic E-state index is -0.582. The van der Waals surface area contributed by atoms with Crippen LogP contribution in [-0.2, 0) is 6.54 Å². The zero-order valence-corrected chi connectivity index (χ0v) is 10.7. The lowest BCUT2D eigenvalue weighted by Crippen LogP contribution is -2.09. The summed E-state index contributed by atoms with van der Waals surface area (Å²) >= 11 is 0. The molecule has 0 aliphatic heterocycles.